The monoisotopic (exact) mass is 304 g/mol. The van der Waals surface area contributed by atoms with Crippen LogP contribution in [0.25, 0.3) is 0 Å². The summed E-state index contributed by atoms with van der Waals surface area (Å²) in [5.74, 6) is 0.659. The lowest BCUT2D eigenvalue weighted by Gasteiger charge is -2.15. The lowest BCUT2D eigenvalue weighted by Crippen LogP contribution is -2.34. The largest absolute Gasteiger partial charge is 0.383 e. The van der Waals surface area contributed by atoms with E-state index in [4.69, 9.17) is 10.5 Å². The molecular weight excluding hydrogens is 280 g/mol. The van der Waals surface area contributed by atoms with Crippen molar-refractivity contribution in [2.75, 3.05) is 26.8 Å². The molecule has 1 amide bonds. The molecule has 0 aromatic heterocycles. The first-order valence-corrected chi connectivity index (χ1v) is 7.57. The van der Waals surface area contributed by atoms with Crippen LogP contribution in [0.2, 0.25) is 0 Å². The molecule has 1 aromatic carbocycles. The molecule has 0 spiro atoms. The van der Waals surface area contributed by atoms with E-state index in [0.717, 1.165) is 24.1 Å². The normalized spacial score (nSPS) is 15.4. The van der Waals surface area contributed by atoms with Crippen LogP contribution in [0.15, 0.2) is 29.3 Å². The maximum atomic E-state index is 11.7. The van der Waals surface area contributed by atoms with Crippen LogP contribution >= 0.6 is 0 Å². The maximum absolute atomic E-state index is 11.7. The van der Waals surface area contributed by atoms with Crippen molar-refractivity contribution in [2.45, 2.75) is 25.9 Å². The van der Waals surface area contributed by atoms with Gasteiger partial charge in [-0.3, -0.25) is 4.79 Å². The number of nitrogens with zero attached hydrogens (tertiary/aromatic N) is 2. The third-order valence-electron chi connectivity index (χ3n) is 3.58. The minimum Gasteiger partial charge on any atom is -0.383 e. The van der Waals surface area contributed by atoms with Crippen LogP contribution in [0.5, 0.6) is 0 Å². The van der Waals surface area contributed by atoms with Gasteiger partial charge in [-0.15, -0.1) is 0 Å². The lowest BCUT2D eigenvalue weighted by molar-refractivity contribution is -0.128. The molecule has 1 aliphatic heterocycles. The maximum Gasteiger partial charge on any atom is 0.222 e. The zero-order valence-electron chi connectivity index (χ0n) is 13.0. The molecule has 1 aromatic rings. The predicted octanol–water partition coefficient (Wildman–Crippen LogP) is 0.860. The average molecular weight is 304 g/mol. The molecule has 0 atom stereocenters. The molecule has 0 radical (unpaired) electrons. The van der Waals surface area contributed by atoms with Crippen molar-refractivity contribution >= 4 is 11.9 Å². The number of amides is 1. The highest BCUT2D eigenvalue weighted by Crippen LogP contribution is 2.15. The van der Waals surface area contributed by atoms with E-state index in [0.29, 0.717) is 38.6 Å². The molecule has 0 aliphatic carbocycles. The average Bonchev–Trinajstić information content (AvgIpc) is 2.91. The van der Waals surface area contributed by atoms with Gasteiger partial charge in [-0.25, -0.2) is 4.99 Å². The summed E-state index contributed by atoms with van der Waals surface area (Å²) in [7, 11) is 1.64. The highest BCUT2D eigenvalue weighted by molar-refractivity contribution is 5.78. The smallest absolute Gasteiger partial charge is 0.222 e. The highest BCUT2D eigenvalue weighted by atomic mass is 16.5. The summed E-state index contributed by atoms with van der Waals surface area (Å²) in [6.45, 7) is 3.29. The zero-order valence-corrected chi connectivity index (χ0v) is 13.0. The van der Waals surface area contributed by atoms with Crippen molar-refractivity contribution in [2.24, 2.45) is 10.7 Å². The number of methoxy groups -OCH3 is 1. The third kappa shape index (κ3) is 5.04. The van der Waals surface area contributed by atoms with Crippen LogP contribution in [0, 0.1) is 0 Å². The van der Waals surface area contributed by atoms with Gasteiger partial charge in [-0.1, -0.05) is 24.3 Å². The number of carbonyl (C=O) groups excluding carboxylic acids is 1. The van der Waals surface area contributed by atoms with Crippen LogP contribution in [0.4, 0.5) is 0 Å². The molecule has 6 nitrogen and oxygen atoms in total. The summed E-state index contributed by atoms with van der Waals surface area (Å²) in [5.41, 5.74) is 8.00. The summed E-state index contributed by atoms with van der Waals surface area (Å²) >= 11 is 0. The highest BCUT2D eigenvalue weighted by Gasteiger charge is 2.19. The molecule has 6 heteroatoms. The molecular formula is C16H24N4O2. The van der Waals surface area contributed by atoms with Gasteiger partial charge in [0.25, 0.3) is 0 Å². The summed E-state index contributed by atoms with van der Waals surface area (Å²) in [5, 5.41) is 2.98. The Bertz CT molecular complexity index is 531. The molecule has 2 rings (SSSR count). The van der Waals surface area contributed by atoms with E-state index in [1.165, 1.54) is 0 Å². The third-order valence-corrected chi connectivity index (χ3v) is 3.58. The molecule has 1 fully saturated rings. The Morgan fingerprint density at radius 3 is 3.00 bits per heavy atom. The molecule has 0 saturated carbocycles. The first-order chi connectivity index (χ1) is 10.7. The van der Waals surface area contributed by atoms with E-state index in [1.54, 1.807) is 7.11 Å². The Balaban J connectivity index is 1.88. The lowest BCUT2D eigenvalue weighted by atomic mass is 10.1. The van der Waals surface area contributed by atoms with Crippen LogP contribution < -0.4 is 11.1 Å². The van der Waals surface area contributed by atoms with Gasteiger partial charge < -0.3 is 20.7 Å². The molecule has 0 unspecified atom stereocenters. The quantitative estimate of drug-likeness (QED) is 0.445. The number of nitrogens with two attached hydrogens (primary N) is 1. The van der Waals surface area contributed by atoms with Crippen molar-refractivity contribution < 1.29 is 9.53 Å². The number of guanidine groups is 1. The van der Waals surface area contributed by atoms with Gasteiger partial charge in [0.1, 0.15) is 0 Å². The summed E-state index contributed by atoms with van der Waals surface area (Å²) in [4.78, 5) is 17.9. The Morgan fingerprint density at radius 1 is 1.45 bits per heavy atom. The molecule has 120 valence electrons. The first-order valence-electron chi connectivity index (χ1n) is 7.57. The first kappa shape index (κ1) is 16.3. The van der Waals surface area contributed by atoms with Crippen molar-refractivity contribution in [1.29, 1.82) is 0 Å². The van der Waals surface area contributed by atoms with Crippen LogP contribution in [-0.4, -0.2) is 43.6 Å². The Morgan fingerprint density at radius 2 is 2.27 bits per heavy atom. The topological polar surface area (TPSA) is 80.0 Å². The number of hydrogen-bond donors (Lipinski definition) is 2. The van der Waals surface area contributed by atoms with Gasteiger partial charge in [0.2, 0.25) is 5.91 Å². The number of carbonyl (C=O) groups is 1. The predicted molar refractivity (Wildman–Crippen MR) is 86.3 cm³/mol. The molecule has 1 aliphatic rings. The van der Waals surface area contributed by atoms with Gasteiger partial charge in [-0.2, -0.15) is 0 Å². The molecule has 1 saturated heterocycles. The van der Waals surface area contributed by atoms with E-state index >= 15 is 0 Å². The molecule has 3 N–H and O–H groups in total. The second-order valence-corrected chi connectivity index (χ2v) is 5.36. The van der Waals surface area contributed by atoms with Crippen molar-refractivity contribution in [3.63, 3.8) is 0 Å². The fourth-order valence-corrected chi connectivity index (χ4v) is 2.43. The standard InChI is InChI=1S/C16H24N4O2/c1-22-9-7-18-16(17)19-11-13-4-2-5-14(10-13)12-20-8-3-6-15(20)21/h2,4-5,10H,3,6-9,11-12H2,1H3,(H3,17,18,19). The van der Waals surface area contributed by atoms with Crippen LogP contribution in [0.3, 0.4) is 0 Å². The van der Waals surface area contributed by atoms with Gasteiger partial charge >= 0.3 is 0 Å². The van der Waals surface area contributed by atoms with E-state index < -0.39 is 0 Å². The summed E-state index contributed by atoms with van der Waals surface area (Å²) in [6, 6.07) is 8.13. The second-order valence-electron chi connectivity index (χ2n) is 5.36. The van der Waals surface area contributed by atoms with Crippen molar-refractivity contribution in [3.8, 4) is 0 Å². The van der Waals surface area contributed by atoms with E-state index in [2.05, 4.69) is 16.4 Å². The minimum atomic E-state index is 0.245. The number of likely N-dealkylation sites (tertiary alicyclic amines) is 1. The van der Waals surface area contributed by atoms with Gasteiger partial charge in [0.15, 0.2) is 5.96 Å². The molecule has 22 heavy (non-hydrogen) atoms. The fourth-order valence-electron chi connectivity index (χ4n) is 2.43. The number of ether oxygens (including phenoxy) is 1. The van der Waals surface area contributed by atoms with Crippen molar-refractivity contribution in [3.05, 3.63) is 35.4 Å². The van der Waals surface area contributed by atoms with E-state index in [9.17, 15) is 4.79 Å². The molecule has 1 heterocycles. The Hall–Kier alpha value is -2.08. The summed E-state index contributed by atoms with van der Waals surface area (Å²) in [6.07, 6.45) is 1.64. The number of aliphatic imine (C=N–C) groups is 1. The summed E-state index contributed by atoms with van der Waals surface area (Å²) < 4.78 is 4.94. The number of benzene rings is 1. The number of hydrogen-bond acceptors (Lipinski definition) is 3. The van der Waals surface area contributed by atoms with Gasteiger partial charge in [0.05, 0.1) is 13.2 Å². The van der Waals surface area contributed by atoms with Crippen molar-refractivity contribution in [1.82, 2.24) is 10.2 Å². The van der Waals surface area contributed by atoms with E-state index in [-0.39, 0.29) is 5.91 Å². The Labute approximate surface area is 131 Å². The van der Waals surface area contributed by atoms with Gasteiger partial charge in [0, 0.05) is 33.2 Å². The van der Waals surface area contributed by atoms with Crippen LogP contribution in [0.1, 0.15) is 24.0 Å². The fraction of sp³-hybridized carbons (Fsp3) is 0.500. The van der Waals surface area contributed by atoms with Gasteiger partial charge in [-0.05, 0) is 17.5 Å². The number of rotatable bonds is 7. The number of nitrogens with one attached hydrogen (secondary N) is 1. The second kappa shape index (κ2) is 8.38. The minimum absolute atomic E-state index is 0.245. The van der Waals surface area contributed by atoms with E-state index in [1.807, 2.05) is 23.1 Å². The SMILES string of the molecule is COCCNC(N)=NCc1cccc(CN2CCCC2=O)c1. The Kier molecular flexibility index (Phi) is 6.21. The zero-order chi connectivity index (χ0) is 15.8. The molecule has 0 bridgehead atoms. The van der Waals surface area contributed by atoms with Crippen LogP contribution in [-0.2, 0) is 22.6 Å².